The number of carbonyl (C=O) groups excluding carboxylic acids is 1. The molecule has 1 atom stereocenters. The Morgan fingerprint density at radius 3 is 2.47 bits per heavy atom. The lowest BCUT2D eigenvalue weighted by Crippen LogP contribution is -2.16. The van der Waals surface area contributed by atoms with Gasteiger partial charge in [0, 0.05) is 28.0 Å². The molecule has 1 rings (SSSR count). The zero-order valence-electron chi connectivity index (χ0n) is 8.69. The molecule has 4 nitrogen and oxygen atoms in total. The summed E-state index contributed by atoms with van der Waals surface area (Å²) in [5.74, 6) is 0.972. The molecular formula is C9H9Cl2FO4S. The summed E-state index contributed by atoms with van der Waals surface area (Å²) in [6.45, 7) is 2.22. The van der Waals surface area contributed by atoms with Crippen molar-refractivity contribution in [3.63, 3.8) is 0 Å². The summed E-state index contributed by atoms with van der Waals surface area (Å²) >= 11 is 0. The maximum Gasteiger partial charge on any atom is 0.317 e. The molecule has 0 heterocycles. The summed E-state index contributed by atoms with van der Waals surface area (Å²) in [6, 6.07) is 0. The number of hydrogen-bond acceptors (Lipinski definition) is 4. The third kappa shape index (κ3) is 8.12. The highest BCUT2D eigenvalue weighted by atomic mass is 36.0. The largest absolute Gasteiger partial charge is 0.369 e. The Hall–Kier alpha value is -0.650. The van der Waals surface area contributed by atoms with Crippen LogP contribution in [0.1, 0.15) is 6.92 Å². The van der Waals surface area contributed by atoms with Gasteiger partial charge in [0.15, 0.2) is 0 Å². The highest BCUT2D eigenvalue weighted by molar-refractivity contribution is 8.31. The van der Waals surface area contributed by atoms with Crippen LogP contribution in [0.25, 0.3) is 0 Å². The van der Waals surface area contributed by atoms with Gasteiger partial charge in [-0.05, 0) is 13.0 Å². The topological polar surface area (TPSA) is 60.4 Å². The first-order valence-corrected chi connectivity index (χ1v) is 7.48. The molecule has 0 aromatic carbocycles. The summed E-state index contributed by atoms with van der Waals surface area (Å²) in [5.41, 5.74) is -0.0562. The van der Waals surface area contributed by atoms with E-state index < -0.39 is 20.2 Å². The smallest absolute Gasteiger partial charge is 0.317 e. The van der Waals surface area contributed by atoms with Crippen LogP contribution in [0, 0.1) is 0 Å². The van der Waals surface area contributed by atoms with Crippen LogP contribution in [0.2, 0.25) is 0 Å². The summed E-state index contributed by atoms with van der Waals surface area (Å²) in [4.78, 5) is 10.3. The van der Waals surface area contributed by atoms with E-state index in [0.29, 0.717) is 6.61 Å². The van der Waals surface area contributed by atoms with Gasteiger partial charge in [0.2, 0.25) is 0 Å². The number of allylic oxidation sites excluding steroid dienone is 2. The monoisotopic (exact) mass is 302 g/mol. The van der Waals surface area contributed by atoms with Gasteiger partial charge >= 0.3 is 8.26 Å². The summed E-state index contributed by atoms with van der Waals surface area (Å²) in [7, 11) is 4.81. The normalized spacial score (nSPS) is 18.9. The quantitative estimate of drug-likeness (QED) is 0.580. The number of ether oxygens (including phenoxy) is 1. The fourth-order valence-electron chi connectivity index (χ4n) is 0.988. The first-order chi connectivity index (χ1) is 7.79. The lowest BCUT2D eigenvalue weighted by atomic mass is 10.1. The molecule has 0 aliphatic heterocycles. The van der Waals surface area contributed by atoms with E-state index in [0.717, 1.165) is 0 Å². The Morgan fingerprint density at radius 1 is 1.53 bits per heavy atom. The minimum absolute atomic E-state index is 0.0562. The molecular weight excluding hydrogens is 294 g/mol. The maximum absolute atomic E-state index is 12.9. The Bertz CT molecular complexity index is 455. The molecule has 17 heavy (non-hydrogen) atoms. The van der Waals surface area contributed by atoms with Gasteiger partial charge in [-0.25, -0.2) is 9.18 Å². The van der Waals surface area contributed by atoms with E-state index in [1.54, 1.807) is 13.0 Å². The molecule has 1 aliphatic carbocycles. The predicted octanol–water partition coefficient (Wildman–Crippen LogP) is 2.28. The predicted molar refractivity (Wildman–Crippen MR) is 63.6 cm³/mol. The van der Waals surface area contributed by atoms with Gasteiger partial charge in [0.05, 0.1) is 0 Å². The summed E-state index contributed by atoms with van der Waals surface area (Å²) in [5, 5.41) is 0. The van der Waals surface area contributed by atoms with Crippen molar-refractivity contribution in [2.75, 3.05) is 6.61 Å². The number of rotatable bonds is 2. The Labute approximate surface area is 107 Å². The molecule has 0 amide bonds. The molecule has 0 saturated heterocycles. The Kier molecular flexibility index (Phi) is 7.34. The molecule has 0 aromatic heterocycles. The van der Waals surface area contributed by atoms with Crippen molar-refractivity contribution in [3.05, 3.63) is 29.6 Å². The van der Waals surface area contributed by atoms with Crippen molar-refractivity contribution >= 4 is 35.6 Å². The van der Waals surface area contributed by atoms with Gasteiger partial charge in [-0.15, -0.1) is 0 Å². The zero-order chi connectivity index (χ0) is 13.5. The minimum Gasteiger partial charge on any atom is -0.369 e. The molecule has 0 radical (unpaired) electrons. The van der Waals surface area contributed by atoms with Crippen LogP contribution >= 0.6 is 21.4 Å². The second-order valence-corrected chi connectivity index (χ2v) is 6.34. The SMILES string of the molecule is CCOC1C=CC=C(F)C1=C=O.O=S(=O)(Cl)Cl. The van der Waals surface area contributed by atoms with Gasteiger partial charge in [0.25, 0.3) is 0 Å². The van der Waals surface area contributed by atoms with Gasteiger partial charge in [-0.3, -0.25) is 0 Å². The van der Waals surface area contributed by atoms with Crippen LogP contribution in [-0.2, 0) is 17.8 Å². The fourth-order valence-corrected chi connectivity index (χ4v) is 0.988. The van der Waals surface area contributed by atoms with E-state index in [9.17, 15) is 9.18 Å². The van der Waals surface area contributed by atoms with Crippen molar-refractivity contribution in [2.45, 2.75) is 13.0 Å². The summed E-state index contributed by atoms with van der Waals surface area (Å²) in [6.07, 6.45) is 3.79. The van der Waals surface area contributed by atoms with Crippen molar-refractivity contribution in [1.29, 1.82) is 0 Å². The first kappa shape index (κ1) is 16.4. The van der Waals surface area contributed by atoms with Crippen LogP contribution in [0.15, 0.2) is 29.6 Å². The van der Waals surface area contributed by atoms with Crippen LogP contribution < -0.4 is 0 Å². The molecule has 0 saturated carbocycles. The number of halogens is 3. The van der Waals surface area contributed by atoms with Gasteiger partial charge < -0.3 is 4.74 Å². The van der Waals surface area contributed by atoms with E-state index in [1.807, 2.05) is 0 Å². The Morgan fingerprint density at radius 2 is 2.06 bits per heavy atom. The van der Waals surface area contributed by atoms with E-state index in [-0.39, 0.29) is 5.57 Å². The molecule has 0 bridgehead atoms. The van der Waals surface area contributed by atoms with E-state index >= 15 is 0 Å². The van der Waals surface area contributed by atoms with Crippen molar-refractivity contribution in [3.8, 4) is 0 Å². The lowest BCUT2D eigenvalue weighted by Gasteiger charge is -2.14. The van der Waals surface area contributed by atoms with E-state index in [1.165, 1.54) is 18.1 Å². The van der Waals surface area contributed by atoms with Crippen LogP contribution in [0.5, 0.6) is 0 Å². The van der Waals surface area contributed by atoms with Crippen molar-refractivity contribution < 1.29 is 22.3 Å². The summed E-state index contributed by atoms with van der Waals surface area (Å²) < 4.78 is 36.3. The van der Waals surface area contributed by atoms with Crippen LogP contribution in [0.3, 0.4) is 0 Å². The molecule has 96 valence electrons. The van der Waals surface area contributed by atoms with Crippen LogP contribution in [-0.4, -0.2) is 27.1 Å². The maximum atomic E-state index is 12.9. The molecule has 1 aliphatic rings. The average molecular weight is 303 g/mol. The molecule has 1 unspecified atom stereocenters. The standard InChI is InChI=1S/C9H9FO2.Cl2O2S/c1-2-12-9-5-3-4-8(10)7(9)6-11;1-5(2,3)4/h3-5,9H,2H2,1H3;. The number of hydrogen-bond donors (Lipinski definition) is 0. The van der Waals surface area contributed by atoms with E-state index in [4.69, 9.17) is 13.2 Å². The average Bonchev–Trinajstić information content (AvgIpc) is 2.16. The second kappa shape index (κ2) is 7.63. The molecule has 0 spiro atoms. The molecule has 0 N–H and O–H groups in total. The fraction of sp³-hybridized carbons (Fsp3) is 0.333. The molecule has 8 heteroatoms. The first-order valence-electron chi connectivity index (χ1n) is 4.34. The van der Waals surface area contributed by atoms with Gasteiger partial charge in [-0.1, -0.05) is 12.2 Å². The second-order valence-electron chi connectivity index (χ2n) is 2.67. The zero-order valence-corrected chi connectivity index (χ0v) is 11.0. The van der Waals surface area contributed by atoms with Crippen LogP contribution in [0.4, 0.5) is 4.39 Å². The highest BCUT2D eigenvalue weighted by Crippen LogP contribution is 2.20. The van der Waals surface area contributed by atoms with E-state index in [2.05, 4.69) is 21.4 Å². The molecule has 0 fully saturated rings. The lowest BCUT2D eigenvalue weighted by molar-refractivity contribution is 0.120. The third-order valence-electron chi connectivity index (χ3n) is 1.53. The van der Waals surface area contributed by atoms with Crippen molar-refractivity contribution in [1.82, 2.24) is 0 Å². The highest BCUT2D eigenvalue weighted by Gasteiger charge is 2.19. The van der Waals surface area contributed by atoms with Crippen molar-refractivity contribution in [2.24, 2.45) is 0 Å². The minimum atomic E-state index is -3.72. The third-order valence-corrected chi connectivity index (χ3v) is 1.53. The van der Waals surface area contributed by atoms with Gasteiger partial charge in [-0.2, -0.15) is 8.42 Å². The molecule has 0 aromatic rings. The Balaban J connectivity index is 0.000000437. The van der Waals surface area contributed by atoms with Gasteiger partial charge in [0.1, 0.15) is 23.4 Å².